The summed E-state index contributed by atoms with van der Waals surface area (Å²) in [5.74, 6) is -0.130. The zero-order valence-electron chi connectivity index (χ0n) is 18.4. The quantitative estimate of drug-likeness (QED) is 0.443. The summed E-state index contributed by atoms with van der Waals surface area (Å²) in [7, 11) is 1.52. The van der Waals surface area contributed by atoms with E-state index in [1.54, 1.807) is 30.3 Å². The van der Waals surface area contributed by atoms with Crippen molar-refractivity contribution in [3.05, 3.63) is 77.1 Å². The van der Waals surface area contributed by atoms with Crippen LogP contribution >= 0.6 is 0 Å². The van der Waals surface area contributed by atoms with Crippen molar-refractivity contribution in [1.82, 2.24) is 4.57 Å². The maximum Gasteiger partial charge on any atom is 0.266 e. The summed E-state index contributed by atoms with van der Waals surface area (Å²) in [6.45, 7) is 5.34. The molecule has 1 aromatic heterocycles. The molecule has 1 heterocycles. The lowest BCUT2D eigenvalue weighted by Gasteiger charge is -2.11. The molecule has 32 heavy (non-hydrogen) atoms. The number of aryl methyl sites for hydroxylation is 1. The topological polar surface area (TPSA) is 96.2 Å². The van der Waals surface area contributed by atoms with Crippen molar-refractivity contribution >= 4 is 29.3 Å². The number of rotatable bonds is 6. The number of nitriles is 1. The Morgan fingerprint density at radius 2 is 1.75 bits per heavy atom. The van der Waals surface area contributed by atoms with Crippen molar-refractivity contribution in [3.8, 4) is 17.5 Å². The number of carbonyl (C=O) groups is 2. The fraction of sp³-hybridized carbons (Fsp3) is 0.160. The first kappa shape index (κ1) is 22.4. The van der Waals surface area contributed by atoms with E-state index in [0.717, 1.165) is 22.6 Å². The fourth-order valence-corrected chi connectivity index (χ4v) is 3.47. The molecule has 0 aliphatic rings. The number of carbonyl (C=O) groups excluding carboxylic acids is 2. The summed E-state index contributed by atoms with van der Waals surface area (Å²) in [4.78, 5) is 23.9. The number of ether oxygens (including phenoxy) is 1. The highest BCUT2D eigenvalue weighted by Gasteiger charge is 2.15. The summed E-state index contributed by atoms with van der Waals surface area (Å²) in [5, 5.41) is 15.1. The number of hydrogen-bond donors (Lipinski definition) is 2. The summed E-state index contributed by atoms with van der Waals surface area (Å²) >= 11 is 0. The SMILES string of the molecule is COc1ccccc1NC(=O)/C(C#N)=C/c1cc(C)n(-c2ccc(NC(C)=O)cc2)c1C. The molecule has 0 fully saturated rings. The molecule has 0 saturated carbocycles. The van der Waals surface area contributed by atoms with Crippen LogP contribution in [0.4, 0.5) is 11.4 Å². The number of nitrogens with one attached hydrogen (secondary N) is 2. The molecular weight excluding hydrogens is 404 g/mol. The van der Waals surface area contributed by atoms with Crippen LogP contribution in [0.2, 0.25) is 0 Å². The minimum absolute atomic E-state index is 0.0165. The van der Waals surface area contributed by atoms with Crippen LogP contribution in [-0.2, 0) is 9.59 Å². The number of methoxy groups -OCH3 is 1. The van der Waals surface area contributed by atoms with E-state index in [1.165, 1.54) is 14.0 Å². The van der Waals surface area contributed by atoms with Crippen LogP contribution < -0.4 is 15.4 Å². The van der Waals surface area contributed by atoms with E-state index in [1.807, 2.05) is 54.8 Å². The Balaban J connectivity index is 1.90. The number of hydrogen-bond acceptors (Lipinski definition) is 4. The number of aromatic nitrogens is 1. The standard InChI is InChI=1S/C25H24N4O3/c1-16-13-19(17(2)29(16)22-11-9-21(10-12-22)27-18(3)30)14-20(15-26)25(31)28-23-7-5-6-8-24(23)32-4/h5-14H,1-4H3,(H,27,30)(H,28,31)/b20-14+. The molecule has 0 radical (unpaired) electrons. The second-order valence-corrected chi connectivity index (χ2v) is 7.21. The van der Waals surface area contributed by atoms with Gasteiger partial charge in [0.05, 0.1) is 12.8 Å². The second kappa shape index (κ2) is 9.67. The average Bonchev–Trinajstić information content (AvgIpc) is 3.05. The van der Waals surface area contributed by atoms with Crippen LogP contribution in [0.3, 0.4) is 0 Å². The van der Waals surface area contributed by atoms with Crippen molar-refractivity contribution in [3.63, 3.8) is 0 Å². The lowest BCUT2D eigenvalue weighted by molar-refractivity contribution is -0.114. The van der Waals surface area contributed by atoms with E-state index in [4.69, 9.17) is 4.74 Å². The number of amides is 2. The number of para-hydroxylation sites is 2. The molecule has 0 saturated heterocycles. The van der Waals surface area contributed by atoms with Crippen molar-refractivity contribution in [2.45, 2.75) is 20.8 Å². The minimum atomic E-state index is -0.513. The van der Waals surface area contributed by atoms with Gasteiger partial charge in [0.15, 0.2) is 0 Å². The van der Waals surface area contributed by atoms with E-state index in [2.05, 4.69) is 10.6 Å². The molecular formula is C25H24N4O3. The van der Waals surface area contributed by atoms with Crippen molar-refractivity contribution in [2.24, 2.45) is 0 Å². The summed E-state index contributed by atoms with van der Waals surface area (Å²) in [6, 6.07) is 18.4. The Morgan fingerprint density at radius 1 is 1.06 bits per heavy atom. The molecule has 2 amide bonds. The first-order valence-electron chi connectivity index (χ1n) is 9.97. The van der Waals surface area contributed by atoms with Gasteiger partial charge in [0, 0.05) is 29.7 Å². The summed E-state index contributed by atoms with van der Waals surface area (Å²) in [5.41, 5.74) is 4.69. The Bertz CT molecular complexity index is 1230. The largest absolute Gasteiger partial charge is 0.495 e. The third-order valence-corrected chi connectivity index (χ3v) is 4.94. The van der Waals surface area contributed by atoms with Gasteiger partial charge in [0.1, 0.15) is 17.4 Å². The van der Waals surface area contributed by atoms with E-state index >= 15 is 0 Å². The number of anilines is 2. The smallest absolute Gasteiger partial charge is 0.266 e. The normalized spacial score (nSPS) is 10.9. The van der Waals surface area contributed by atoms with Gasteiger partial charge in [-0.3, -0.25) is 9.59 Å². The molecule has 3 rings (SSSR count). The van der Waals surface area contributed by atoms with Gasteiger partial charge in [0.25, 0.3) is 5.91 Å². The average molecular weight is 428 g/mol. The molecule has 2 aromatic carbocycles. The molecule has 0 bridgehead atoms. The minimum Gasteiger partial charge on any atom is -0.495 e. The summed E-state index contributed by atoms with van der Waals surface area (Å²) in [6.07, 6.45) is 1.58. The Hall–Kier alpha value is -4.31. The van der Waals surface area contributed by atoms with Gasteiger partial charge in [-0.05, 0) is 68.0 Å². The molecule has 162 valence electrons. The fourth-order valence-electron chi connectivity index (χ4n) is 3.47. The first-order valence-corrected chi connectivity index (χ1v) is 9.97. The van der Waals surface area contributed by atoms with Crippen LogP contribution in [0.1, 0.15) is 23.9 Å². The Kier molecular flexibility index (Phi) is 6.76. The first-order chi connectivity index (χ1) is 15.3. The molecule has 0 unspecified atom stereocenters. The van der Waals surface area contributed by atoms with E-state index in [-0.39, 0.29) is 11.5 Å². The van der Waals surface area contributed by atoms with Crippen LogP contribution in [0.25, 0.3) is 11.8 Å². The van der Waals surface area contributed by atoms with Crippen LogP contribution in [-0.4, -0.2) is 23.5 Å². The number of benzene rings is 2. The van der Waals surface area contributed by atoms with E-state index < -0.39 is 5.91 Å². The molecule has 3 aromatic rings. The van der Waals surface area contributed by atoms with Crippen molar-refractivity contribution < 1.29 is 14.3 Å². The van der Waals surface area contributed by atoms with Gasteiger partial charge in [-0.1, -0.05) is 12.1 Å². The second-order valence-electron chi connectivity index (χ2n) is 7.21. The maximum atomic E-state index is 12.7. The zero-order chi connectivity index (χ0) is 23.3. The molecule has 0 aliphatic heterocycles. The molecule has 0 spiro atoms. The van der Waals surface area contributed by atoms with Crippen LogP contribution in [0.5, 0.6) is 5.75 Å². The third-order valence-electron chi connectivity index (χ3n) is 4.94. The highest BCUT2D eigenvalue weighted by Crippen LogP contribution is 2.26. The van der Waals surface area contributed by atoms with Gasteiger partial charge >= 0.3 is 0 Å². The molecule has 7 heteroatoms. The molecule has 7 nitrogen and oxygen atoms in total. The van der Waals surface area contributed by atoms with Gasteiger partial charge in [0.2, 0.25) is 5.91 Å². The maximum absolute atomic E-state index is 12.7. The number of nitrogens with zero attached hydrogens (tertiary/aromatic N) is 2. The van der Waals surface area contributed by atoms with E-state index in [0.29, 0.717) is 17.1 Å². The van der Waals surface area contributed by atoms with Gasteiger partial charge < -0.3 is 19.9 Å². The monoisotopic (exact) mass is 428 g/mol. The van der Waals surface area contributed by atoms with Crippen LogP contribution in [0.15, 0.2) is 60.2 Å². The van der Waals surface area contributed by atoms with Crippen LogP contribution in [0, 0.1) is 25.2 Å². The van der Waals surface area contributed by atoms with Crippen molar-refractivity contribution in [2.75, 3.05) is 17.7 Å². The highest BCUT2D eigenvalue weighted by molar-refractivity contribution is 6.10. The molecule has 0 atom stereocenters. The lowest BCUT2D eigenvalue weighted by atomic mass is 10.1. The zero-order valence-corrected chi connectivity index (χ0v) is 18.4. The van der Waals surface area contributed by atoms with Gasteiger partial charge in [-0.15, -0.1) is 0 Å². The Labute approximate surface area is 186 Å². The molecule has 0 aliphatic carbocycles. The van der Waals surface area contributed by atoms with E-state index in [9.17, 15) is 14.9 Å². The third kappa shape index (κ3) is 4.87. The predicted octanol–water partition coefficient (Wildman–Crippen LogP) is 4.61. The highest BCUT2D eigenvalue weighted by atomic mass is 16.5. The summed E-state index contributed by atoms with van der Waals surface area (Å²) < 4.78 is 7.28. The molecule has 2 N–H and O–H groups in total. The van der Waals surface area contributed by atoms with Gasteiger partial charge in [-0.25, -0.2) is 0 Å². The Morgan fingerprint density at radius 3 is 2.38 bits per heavy atom. The lowest BCUT2D eigenvalue weighted by Crippen LogP contribution is -2.14. The van der Waals surface area contributed by atoms with Crippen molar-refractivity contribution in [1.29, 1.82) is 5.26 Å². The van der Waals surface area contributed by atoms with Gasteiger partial charge in [-0.2, -0.15) is 5.26 Å². The predicted molar refractivity (Wildman–Crippen MR) is 125 cm³/mol.